The standard InChI is InChI=1S/C34H36N2O4/c1-21(2)27-12-8-6-10-23(27)19-25-20-28(31(37)32(38)30(25)36-40)33(39)35-26-16-14-22(15-17-26)18-24-11-7-9-13-29(24)34(3,4)5/h6-17,20-21,37-38H,18-19H2,1-5H3,(H,35,39). The molecule has 40 heavy (non-hydrogen) atoms. The highest BCUT2D eigenvalue weighted by Gasteiger charge is 2.23. The summed E-state index contributed by atoms with van der Waals surface area (Å²) in [5, 5.41) is 26.9. The molecule has 0 unspecified atom stereocenters. The number of phenolic OH excluding ortho intramolecular Hbond substituents is 2. The molecule has 0 bridgehead atoms. The maximum absolute atomic E-state index is 13.2. The third kappa shape index (κ3) is 6.23. The predicted molar refractivity (Wildman–Crippen MR) is 161 cm³/mol. The molecule has 0 aliphatic heterocycles. The second-order valence-electron chi connectivity index (χ2n) is 11.5. The van der Waals surface area contributed by atoms with Crippen LogP contribution in [0.2, 0.25) is 0 Å². The van der Waals surface area contributed by atoms with Crippen LogP contribution in [-0.2, 0) is 18.3 Å². The molecule has 0 radical (unpaired) electrons. The van der Waals surface area contributed by atoms with Crippen molar-refractivity contribution >= 4 is 17.3 Å². The number of nitrogens with one attached hydrogen (secondary N) is 1. The molecule has 6 heteroatoms. The molecule has 0 aliphatic rings. The molecule has 3 N–H and O–H groups in total. The Labute approximate surface area is 235 Å². The number of carbonyl (C=O) groups excluding carboxylic acids is 1. The van der Waals surface area contributed by atoms with Crippen LogP contribution in [0.5, 0.6) is 11.5 Å². The molecule has 0 aliphatic carbocycles. The molecule has 206 valence electrons. The number of rotatable bonds is 8. The van der Waals surface area contributed by atoms with Crippen LogP contribution in [0, 0.1) is 4.91 Å². The summed E-state index contributed by atoms with van der Waals surface area (Å²) in [5.41, 5.74) is 6.21. The first-order valence-electron chi connectivity index (χ1n) is 13.5. The molecule has 0 spiro atoms. The van der Waals surface area contributed by atoms with Gasteiger partial charge in [-0.2, -0.15) is 0 Å². The smallest absolute Gasteiger partial charge is 0.259 e. The summed E-state index contributed by atoms with van der Waals surface area (Å²) in [5.74, 6) is -1.74. The van der Waals surface area contributed by atoms with Crippen LogP contribution in [-0.4, -0.2) is 16.1 Å². The number of nitroso groups, excluding NO2 is 1. The number of hydrogen-bond donors (Lipinski definition) is 3. The van der Waals surface area contributed by atoms with Crippen molar-refractivity contribution < 1.29 is 15.0 Å². The number of anilines is 1. The zero-order chi connectivity index (χ0) is 29.0. The third-order valence-corrected chi connectivity index (χ3v) is 7.15. The van der Waals surface area contributed by atoms with Crippen molar-refractivity contribution in [1.82, 2.24) is 0 Å². The molecule has 0 aromatic heterocycles. The summed E-state index contributed by atoms with van der Waals surface area (Å²) < 4.78 is 0. The van der Waals surface area contributed by atoms with Crippen LogP contribution >= 0.6 is 0 Å². The highest BCUT2D eigenvalue weighted by Crippen LogP contribution is 2.42. The van der Waals surface area contributed by atoms with Gasteiger partial charge in [0.15, 0.2) is 17.2 Å². The minimum atomic E-state index is -0.701. The molecule has 0 saturated heterocycles. The third-order valence-electron chi connectivity index (χ3n) is 7.15. The van der Waals surface area contributed by atoms with Crippen LogP contribution in [0.15, 0.2) is 84.0 Å². The molecule has 4 rings (SSSR count). The Morgan fingerprint density at radius 2 is 1.45 bits per heavy atom. The van der Waals surface area contributed by atoms with Gasteiger partial charge in [-0.3, -0.25) is 4.79 Å². The molecule has 4 aromatic carbocycles. The minimum Gasteiger partial charge on any atom is -0.504 e. The zero-order valence-electron chi connectivity index (χ0n) is 23.7. The summed E-state index contributed by atoms with van der Waals surface area (Å²) in [6, 6.07) is 25.2. The molecule has 0 heterocycles. The van der Waals surface area contributed by atoms with Crippen molar-refractivity contribution in [2.45, 2.75) is 58.8 Å². The van der Waals surface area contributed by atoms with E-state index in [4.69, 9.17) is 0 Å². The van der Waals surface area contributed by atoms with E-state index in [1.807, 2.05) is 54.6 Å². The fourth-order valence-corrected chi connectivity index (χ4v) is 5.11. The van der Waals surface area contributed by atoms with E-state index < -0.39 is 17.4 Å². The number of carbonyl (C=O) groups is 1. The van der Waals surface area contributed by atoms with E-state index >= 15 is 0 Å². The van der Waals surface area contributed by atoms with E-state index in [0.29, 0.717) is 11.3 Å². The molecular weight excluding hydrogens is 500 g/mol. The Hall–Kier alpha value is -4.45. The van der Waals surface area contributed by atoms with Gasteiger partial charge in [0.1, 0.15) is 0 Å². The van der Waals surface area contributed by atoms with Gasteiger partial charge >= 0.3 is 0 Å². The minimum absolute atomic E-state index is 0.0305. The van der Waals surface area contributed by atoms with E-state index in [-0.39, 0.29) is 29.0 Å². The lowest BCUT2D eigenvalue weighted by Gasteiger charge is -2.23. The summed E-state index contributed by atoms with van der Waals surface area (Å²) in [6.07, 6.45) is 1.03. The summed E-state index contributed by atoms with van der Waals surface area (Å²) in [6.45, 7) is 10.7. The number of phenols is 2. The Kier molecular flexibility index (Phi) is 8.38. The average Bonchev–Trinajstić information content (AvgIpc) is 2.91. The van der Waals surface area contributed by atoms with Crippen molar-refractivity contribution in [3.05, 3.63) is 123 Å². The van der Waals surface area contributed by atoms with Crippen molar-refractivity contribution in [2.75, 3.05) is 5.32 Å². The Balaban J connectivity index is 1.58. The quantitative estimate of drug-likeness (QED) is 0.156. The molecule has 0 saturated carbocycles. The number of amides is 1. The Morgan fingerprint density at radius 3 is 2.08 bits per heavy atom. The van der Waals surface area contributed by atoms with E-state index in [1.54, 1.807) is 0 Å². The molecule has 1 amide bonds. The van der Waals surface area contributed by atoms with Gasteiger partial charge in [0.05, 0.1) is 5.56 Å². The summed E-state index contributed by atoms with van der Waals surface area (Å²) in [7, 11) is 0. The van der Waals surface area contributed by atoms with Gasteiger partial charge in [-0.25, -0.2) is 0 Å². The van der Waals surface area contributed by atoms with E-state index in [1.165, 1.54) is 17.2 Å². The number of nitrogens with zero attached hydrogens (tertiary/aromatic N) is 1. The Morgan fingerprint density at radius 1 is 0.825 bits per heavy atom. The van der Waals surface area contributed by atoms with Gasteiger partial charge in [-0.1, -0.05) is 95.3 Å². The van der Waals surface area contributed by atoms with Gasteiger partial charge in [0.25, 0.3) is 5.91 Å². The fourth-order valence-electron chi connectivity index (χ4n) is 5.11. The van der Waals surface area contributed by atoms with Crippen LogP contribution in [0.3, 0.4) is 0 Å². The molecule has 0 atom stereocenters. The van der Waals surface area contributed by atoms with Crippen LogP contribution in [0.25, 0.3) is 0 Å². The number of hydrogen-bond acceptors (Lipinski definition) is 5. The lowest BCUT2D eigenvalue weighted by molar-refractivity contribution is 0.102. The summed E-state index contributed by atoms with van der Waals surface area (Å²) >= 11 is 0. The topological polar surface area (TPSA) is 99.0 Å². The van der Waals surface area contributed by atoms with E-state index in [0.717, 1.165) is 23.1 Å². The first-order chi connectivity index (χ1) is 19.0. The van der Waals surface area contributed by atoms with E-state index in [9.17, 15) is 19.9 Å². The Bertz CT molecular complexity index is 1530. The normalized spacial score (nSPS) is 11.4. The second-order valence-corrected chi connectivity index (χ2v) is 11.5. The highest BCUT2D eigenvalue weighted by molar-refractivity contribution is 6.07. The van der Waals surface area contributed by atoms with Crippen molar-refractivity contribution in [3.8, 4) is 11.5 Å². The monoisotopic (exact) mass is 536 g/mol. The lowest BCUT2D eigenvalue weighted by Crippen LogP contribution is -2.14. The maximum Gasteiger partial charge on any atom is 0.259 e. The SMILES string of the molecule is CC(C)c1ccccc1Cc1cc(C(=O)Nc2ccc(Cc3ccccc3C(C)(C)C)cc2)c(O)c(O)c1N=O. The first-order valence-corrected chi connectivity index (χ1v) is 13.5. The van der Waals surface area contributed by atoms with Gasteiger partial charge < -0.3 is 15.5 Å². The second kappa shape index (κ2) is 11.7. The molecule has 6 nitrogen and oxygen atoms in total. The maximum atomic E-state index is 13.2. The van der Waals surface area contributed by atoms with Crippen molar-refractivity contribution in [3.63, 3.8) is 0 Å². The fraction of sp³-hybridized carbons (Fsp3) is 0.265. The van der Waals surface area contributed by atoms with Gasteiger partial charge in [0.2, 0.25) is 0 Å². The highest BCUT2D eigenvalue weighted by atomic mass is 16.3. The van der Waals surface area contributed by atoms with Crippen LogP contribution < -0.4 is 5.32 Å². The van der Waals surface area contributed by atoms with E-state index in [2.05, 4.69) is 63.3 Å². The number of benzene rings is 4. The number of aromatic hydroxyl groups is 2. The van der Waals surface area contributed by atoms with Crippen LogP contribution in [0.1, 0.15) is 84.3 Å². The zero-order valence-corrected chi connectivity index (χ0v) is 23.7. The largest absolute Gasteiger partial charge is 0.504 e. The van der Waals surface area contributed by atoms with Crippen molar-refractivity contribution in [2.24, 2.45) is 5.18 Å². The lowest BCUT2D eigenvalue weighted by atomic mass is 9.82. The van der Waals surface area contributed by atoms with Crippen molar-refractivity contribution in [1.29, 1.82) is 0 Å². The molecule has 4 aromatic rings. The van der Waals surface area contributed by atoms with Gasteiger partial charge in [-0.05, 0) is 74.5 Å². The molecule has 0 fully saturated rings. The van der Waals surface area contributed by atoms with Gasteiger partial charge in [-0.15, -0.1) is 4.91 Å². The van der Waals surface area contributed by atoms with Crippen LogP contribution in [0.4, 0.5) is 11.4 Å². The summed E-state index contributed by atoms with van der Waals surface area (Å²) in [4.78, 5) is 24.8. The predicted octanol–water partition coefficient (Wildman–Crippen LogP) is 8.35. The van der Waals surface area contributed by atoms with Gasteiger partial charge in [0, 0.05) is 12.1 Å². The first kappa shape index (κ1) is 28.6. The molecular formula is C34H36N2O4. The average molecular weight is 537 g/mol.